The molecule has 0 saturated heterocycles. The molecular weight excluding hydrogens is 585 g/mol. The van der Waals surface area contributed by atoms with Gasteiger partial charge in [0.25, 0.3) is 10.0 Å². The van der Waals surface area contributed by atoms with Gasteiger partial charge in [0.2, 0.25) is 0 Å². The average molecular weight is 606 g/mol. The van der Waals surface area contributed by atoms with Crippen molar-refractivity contribution in [2.75, 3.05) is 13.7 Å². The Balaban J connectivity index is 1.55. The zero-order valence-electron chi connectivity index (χ0n) is 19.8. The summed E-state index contributed by atoms with van der Waals surface area (Å²) >= 11 is 18.1. The van der Waals surface area contributed by atoms with E-state index in [1.54, 1.807) is 22.9 Å². The Kier molecular flexibility index (Phi) is 8.51. The van der Waals surface area contributed by atoms with Gasteiger partial charge in [-0.15, -0.1) is 0 Å². The first-order valence-corrected chi connectivity index (χ1v) is 13.8. The number of ether oxygens (including phenoxy) is 1. The van der Waals surface area contributed by atoms with Gasteiger partial charge < -0.3 is 10.1 Å². The first-order chi connectivity index (χ1) is 18.0. The summed E-state index contributed by atoms with van der Waals surface area (Å²) in [4.78, 5) is 12.0. The third-order valence-electron chi connectivity index (χ3n) is 5.82. The third-order valence-corrected chi connectivity index (χ3v) is 8.00. The van der Waals surface area contributed by atoms with E-state index in [4.69, 9.17) is 39.5 Å². The fourth-order valence-electron chi connectivity index (χ4n) is 4.05. The number of methoxy groups -OCH3 is 1. The number of amides is 2. The average Bonchev–Trinajstić information content (AvgIpc) is 3.26. The van der Waals surface area contributed by atoms with Crippen molar-refractivity contribution >= 4 is 56.4 Å². The standard InChI is InChI=1S/C24H21Cl3F2N4O4S/c1-37-20-7-5-16(26)9-21(20)38(35,36)32-24(34)30-11-19(29)22-18(28)6-3-13-10-31-33(23(13)22)12-14-2-4-15(25)8-17(14)27/h2,4-5,7-10,18H,3,6,11-12H2,1H3,(H2,30,32,34)/b22-19-. The lowest BCUT2D eigenvalue weighted by atomic mass is 9.90. The smallest absolute Gasteiger partial charge is 0.329 e. The van der Waals surface area contributed by atoms with Crippen LogP contribution in [-0.2, 0) is 23.0 Å². The first kappa shape index (κ1) is 28.2. The Bertz CT molecular complexity index is 1530. The summed E-state index contributed by atoms with van der Waals surface area (Å²) in [6, 6.07) is 7.50. The molecule has 0 fully saturated rings. The molecule has 1 aliphatic rings. The number of carbonyl (C=O) groups is 1. The molecule has 4 rings (SSSR count). The number of halogens is 5. The number of hydrogen-bond donors (Lipinski definition) is 2. The molecule has 0 aliphatic heterocycles. The highest BCUT2D eigenvalue weighted by molar-refractivity contribution is 7.90. The number of allylic oxidation sites excluding steroid dienone is 1. The second kappa shape index (κ2) is 11.5. The van der Waals surface area contributed by atoms with Crippen molar-refractivity contribution in [1.29, 1.82) is 0 Å². The highest BCUT2D eigenvalue weighted by Crippen LogP contribution is 2.36. The van der Waals surface area contributed by atoms with Crippen molar-refractivity contribution in [1.82, 2.24) is 19.8 Å². The molecule has 202 valence electrons. The maximum atomic E-state index is 15.4. The summed E-state index contributed by atoms with van der Waals surface area (Å²) in [5.41, 5.74) is 1.25. The van der Waals surface area contributed by atoms with Crippen LogP contribution in [0.3, 0.4) is 0 Å². The van der Waals surface area contributed by atoms with Crippen LogP contribution >= 0.6 is 34.8 Å². The van der Waals surface area contributed by atoms with Crippen LogP contribution in [0.4, 0.5) is 13.6 Å². The predicted molar refractivity (Wildman–Crippen MR) is 141 cm³/mol. The molecule has 0 saturated carbocycles. The van der Waals surface area contributed by atoms with Crippen molar-refractivity contribution in [3.05, 3.63) is 80.3 Å². The van der Waals surface area contributed by atoms with E-state index in [0.717, 1.165) is 6.07 Å². The minimum Gasteiger partial charge on any atom is -0.495 e. The summed E-state index contributed by atoms with van der Waals surface area (Å²) < 4.78 is 63.9. The molecule has 1 aromatic heterocycles. The fraction of sp³-hybridized carbons (Fsp3) is 0.250. The zero-order valence-corrected chi connectivity index (χ0v) is 22.9. The number of benzene rings is 2. The van der Waals surface area contributed by atoms with Crippen LogP contribution in [0.1, 0.15) is 23.2 Å². The van der Waals surface area contributed by atoms with Crippen LogP contribution in [0.15, 0.2) is 53.3 Å². The van der Waals surface area contributed by atoms with Crippen LogP contribution in [-0.4, -0.2) is 44.1 Å². The van der Waals surface area contributed by atoms with E-state index in [9.17, 15) is 13.2 Å². The maximum Gasteiger partial charge on any atom is 0.329 e. The Morgan fingerprint density at radius 1 is 1.18 bits per heavy atom. The molecule has 1 heterocycles. The Hall–Kier alpha value is -2.86. The van der Waals surface area contributed by atoms with Crippen molar-refractivity contribution < 1.29 is 26.7 Å². The van der Waals surface area contributed by atoms with Gasteiger partial charge in [0.1, 0.15) is 22.6 Å². The quantitative estimate of drug-likeness (QED) is 0.368. The molecular formula is C24H21Cl3F2N4O4S. The van der Waals surface area contributed by atoms with Gasteiger partial charge >= 0.3 is 6.03 Å². The number of nitrogens with one attached hydrogen (secondary N) is 2. The fourth-order valence-corrected chi connectivity index (χ4v) is 5.88. The van der Waals surface area contributed by atoms with Crippen LogP contribution in [0.2, 0.25) is 15.1 Å². The normalized spacial score (nSPS) is 16.5. The highest BCUT2D eigenvalue weighted by Gasteiger charge is 2.31. The molecule has 1 atom stereocenters. The van der Waals surface area contributed by atoms with Crippen LogP contribution in [0.5, 0.6) is 5.75 Å². The number of rotatable bonds is 7. The van der Waals surface area contributed by atoms with Crippen LogP contribution in [0, 0.1) is 0 Å². The lowest BCUT2D eigenvalue weighted by Gasteiger charge is -2.22. The molecule has 2 amide bonds. The first-order valence-electron chi connectivity index (χ1n) is 11.2. The summed E-state index contributed by atoms with van der Waals surface area (Å²) in [5.74, 6) is -1.03. The maximum absolute atomic E-state index is 15.4. The second-order valence-electron chi connectivity index (χ2n) is 8.32. The number of aryl methyl sites for hydroxylation is 1. The summed E-state index contributed by atoms with van der Waals surface area (Å²) in [7, 11) is -3.17. The van der Waals surface area contributed by atoms with Crippen molar-refractivity contribution in [2.24, 2.45) is 0 Å². The lowest BCUT2D eigenvalue weighted by molar-refractivity contribution is 0.246. The van der Waals surface area contributed by atoms with Crippen LogP contribution < -0.4 is 14.8 Å². The largest absolute Gasteiger partial charge is 0.495 e. The monoisotopic (exact) mass is 604 g/mol. The number of nitrogens with zero attached hydrogens (tertiary/aromatic N) is 2. The minimum absolute atomic E-state index is 0.0261. The predicted octanol–water partition coefficient (Wildman–Crippen LogP) is 5.55. The van der Waals surface area contributed by atoms with E-state index in [1.807, 2.05) is 0 Å². The molecule has 0 bridgehead atoms. The minimum atomic E-state index is -4.42. The topological polar surface area (TPSA) is 102 Å². The molecule has 38 heavy (non-hydrogen) atoms. The molecule has 1 unspecified atom stereocenters. The Labute approximate surface area is 232 Å². The van der Waals surface area contributed by atoms with E-state index < -0.39 is 34.6 Å². The summed E-state index contributed by atoms with van der Waals surface area (Å²) in [6.45, 7) is -0.640. The van der Waals surface area contributed by atoms with Gasteiger partial charge in [0.05, 0.1) is 32.1 Å². The van der Waals surface area contributed by atoms with E-state index in [2.05, 4.69) is 10.4 Å². The van der Waals surface area contributed by atoms with Crippen molar-refractivity contribution in [2.45, 2.75) is 30.5 Å². The number of fused-ring (bicyclic) bond motifs is 1. The SMILES string of the molecule is COc1ccc(Cl)cc1S(=O)(=O)NC(=O)NC/C(F)=C1/c2c(cnn2Cc2ccc(Cl)cc2Cl)CCC1F. The molecule has 14 heteroatoms. The number of sulfonamides is 1. The molecule has 0 radical (unpaired) electrons. The molecule has 2 aromatic carbocycles. The third kappa shape index (κ3) is 6.06. The molecule has 3 aromatic rings. The van der Waals surface area contributed by atoms with Crippen molar-refractivity contribution in [3.63, 3.8) is 0 Å². The van der Waals surface area contributed by atoms with E-state index in [-0.39, 0.29) is 39.9 Å². The van der Waals surface area contributed by atoms with Crippen molar-refractivity contribution in [3.8, 4) is 5.75 Å². The number of aromatic nitrogens is 2. The number of urea groups is 1. The van der Waals surface area contributed by atoms with Gasteiger partial charge in [-0.25, -0.2) is 26.7 Å². The van der Waals surface area contributed by atoms with Gasteiger partial charge in [-0.1, -0.05) is 40.9 Å². The molecule has 8 nitrogen and oxygen atoms in total. The van der Waals surface area contributed by atoms with Gasteiger partial charge in [-0.2, -0.15) is 5.10 Å². The Morgan fingerprint density at radius 2 is 1.89 bits per heavy atom. The van der Waals surface area contributed by atoms with E-state index in [1.165, 1.54) is 30.1 Å². The van der Waals surface area contributed by atoms with Gasteiger partial charge in [-0.05, 0) is 54.3 Å². The number of alkyl halides is 1. The molecule has 2 N–H and O–H groups in total. The van der Waals surface area contributed by atoms with Gasteiger partial charge in [0, 0.05) is 20.6 Å². The van der Waals surface area contributed by atoms with Gasteiger partial charge in [0.15, 0.2) is 0 Å². The molecule has 1 aliphatic carbocycles. The van der Waals surface area contributed by atoms with Crippen LogP contribution in [0.25, 0.3) is 5.57 Å². The summed E-state index contributed by atoms with van der Waals surface area (Å²) in [6.07, 6.45) is 0.236. The number of hydrogen-bond acceptors (Lipinski definition) is 5. The number of carbonyl (C=O) groups excluding carboxylic acids is 1. The lowest BCUT2D eigenvalue weighted by Crippen LogP contribution is -2.40. The highest BCUT2D eigenvalue weighted by atomic mass is 35.5. The molecule has 0 spiro atoms. The van der Waals surface area contributed by atoms with E-state index >= 15 is 8.78 Å². The van der Waals surface area contributed by atoms with E-state index in [0.29, 0.717) is 27.6 Å². The second-order valence-corrected chi connectivity index (χ2v) is 11.3. The van der Waals surface area contributed by atoms with Gasteiger partial charge in [-0.3, -0.25) is 4.68 Å². The summed E-state index contributed by atoms with van der Waals surface area (Å²) in [5, 5.41) is 7.31. The zero-order chi connectivity index (χ0) is 27.6. The Morgan fingerprint density at radius 3 is 2.61 bits per heavy atom.